The van der Waals surface area contributed by atoms with Crippen LogP contribution in [0, 0.1) is 6.92 Å². The Morgan fingerprint density at radius 3 is 2.41 bits per heavy atom. The first kappa shape index (κ1) is 15.9. The molecule has 0 fully saturated rings. The predicted molar refractivity (Wildman–Crippen MR) is 80.4 cm³/mol. The lowest BCUT2D eigenvalue weighted by molar-refractivity contribution is -0.138. The molecule has 0 saturated heterocycles. The third-order valence-electron chi connectivity index (χ3n) is 2.99. The van der Waals surface area contributed by atoms with Crippen molar-refractivity contribution in [3.8, 4) is 5.75 Å². The second kappa shape index (κ2) is 6.51. The highest BCUT2D eigenvalue weighted by Crippen LogP contribution is 2.38. The van der Waals surface area contributed by atoms with Crippen molar-refractivity contribution in [2.45, 2.75) is 13.1 Å². The van der Waals surface area contributed by atoms with Crippen LogP contribution in [0.3, 0.4) is 0 Å². The van der Waals surface area contributed by atoms with Crippen molar-refractivity contribution in [3.63, 3.8) is 0 Å². The number of halogens is 3. The number of hydrazone groups is 1. The maximum atomic E-state index is 13.0. The van der Waals surface area contributed by atoms with E-state index in [2.05, 4.69) is 10.5 Å². The van der Waals surface area contributed by atoms with Gasteiger partial charge in [0.15, 0.2) is 0 Å². The van der Waals surface area contributed by atoms with E-state index < -0.39 is 11.7 Å². The molecule has 0 aliphatic carbocycles. The van der Waals surface area contributed by atoms with Gasteiger partial charge < -0.3 is 4.74 Å². The molecule has 3 nitrogen and oxygen atoms in total. The van der Waals surface area contributed by atoms with Crippen LogP contribution in [-0.4, -0.2) is 13.3 Å². The minimum Gasteiger partial charge on any atom is -0.496 e. The van der Waals surface area contributed by atoms with Gasteiger partial charge in [-0.25, -0.2) is 0 Å². The standard InChI is InChI=1S/C16H15F3N2O/c1-11-8-12(9-14(15(11)22-2)16(17,18)19)10-20-21-13-6-4-3-5-7-13/h3-10,21H,1-2H3. The smallest absolute Gasteiger partial charge is 0.419 e. The van der Waals surface area contributed by atoms with Crippen LogP contribution in [0.4, 0.5) is 18.9 Å². The predicted octanol–water partition coefficient (Wildman–Crippen LogP) is 4.47. The molecule has 0 heterocycles. The van der Waals surface area contributed by atoms with Gasteiger partial charge in [0, 0.05) is 0 Å². The average Bonchev–Trinajstić information content (AvgIpc) is 2.47. The van der Waals surface area contributed by atoms with Crippen LogP contribution < -0.4 is 10.2 Å². The maximum Gasteiger partial charge on any atom is 0.419 e. The summed E-state index contributed by atoms with van der Waals surface area (Å²) in [4.78, 5) is 0. The van der Waals surface area contributed by atoms with E-state index in [1.807, 2.05) is 18.2 Å². The molecule has 0 saturated carbocycles. The molecule has 0 radical (unpaired) electrons. The number of benzene rings is 2. The highest BCUT2D eigenvalue weighted by molar-refractivity contribution is 5.81. The van der Waals surface area contributed by atoms with Crippen molar-refractivity contribution in [2.75, 3.05) is 12.5 Å². The van der Waals surface area contributed by atoms with Gasteiger partial charge in [0.05, 0.1) is 24.6 Å². The van der Waals surface area contributed by atoms with Crippen molar-refractivity contribution >= 4 is 11.9 Å². The van der Waals surface area contributed by atoms with Crippen molar-refractivity contribution < 1.29 is 17.9 Å². The summed E-state index contributed by atoms with van der Waals surface area (Å²) >= 11 is 0. The summed E-state index contributed by atoms with van der Waals surface area (Å²) in [6, 6.07) is 11.7. The molecule has 0 aromatic heterocycles. The zero-order valence-corrected chi connectivity index (χ0v) is 12.1. The largest absolute Gasteiger partial charge is 0.496 e. The van der Waals surface area contributed by atoms with Gasteiger partial charge in [0.25, 0.3) is 0 Å². The minimum atomic E-state index is -4.48. The number of methoxy groups -OCH3 is 1. The van der Waals surface area contributed by atoms with Crippen molar-refractivity contribution in [3.05, 3.63) is 59.2 Å². The van der Waals surface area contributed by atoms with E-state index >= 15 is 0 Å². The van der Waals surface area contributed by atoms with E-state index in [1.54, 1.807) is 25.1 Å². The number of hydrogen-bond donors (Lipinski definition) is 1. The second-order valence-electron chi connectivity index (χ2n) is 4.65. The summed E-state index contributed by atoms with van der Waals surface area (Å²) in [6.07, 6.45) is -3.14. The number of aryl methyl sites for hydroxylation is 1. The number of ether oxygens (including phenoxy) is 1. The fourth-order valence-corrected chi connectivity index (χ4v) is 2.05. The molecule has 0 unspecified atom stereocenters. The van der Waals surface area contributed by atoms with Crippen LogP contribution in [0.25, 0.3) is 0 Å². The quantitative estimate of drug-likeness (QED) is 0.668. The fraction of sp³-hybridized carbons (Fsp3) is 0.188. The lowest BCUT2D eigenvalue weighted by Gasteiger charge is -2.15. The summed E-state index contributed by atoms with van der Waals surface area (Å²) in [5.41, 5.74) is 3.44. The van der Waals surface area contributed by atoms with E-state index in [-0.39, 0.29) is 5.75 Å². The van der Waals surface area contributed by atoms with Crippen LogP contribution >= 0.6 is 0 Å². The summed E-state index contributed by atoms with van der Waals surface area (Å²) in [5, 5.41) is 3.95. The normalized spacial score (nSPS) is 11.7. The Morgan fingerprint density at radius 2 is 1.82 bits per heavy atom. The maximum absolute atomic E-state index is 13.0. The Balaban J connectivity index is 2.27. The molecular weight excluding hydrogens is 293 g/mol. The summed E-state index contributed by atoms with van der Waals surface area (Å²) < 4.78 is 44.0. The van der Waals surface area contributed by atoms with E-state index in [0.717, 1.165) is 11.8 Å². The molecule has 0 bridgehead atoms. The molecule has 1 N–H and O–H groups in total. The van der Waals surface area contributed by atoms with Crippen molar-refractivity contribution in [1.29, 1.82) is 0 Å². The van der Waals surface area contributed by atoms with E-state index in [1.165, 1.54) is 13.3 Å². The van der Waals surface area contributed by atoms with Gasteiger partial charge in [-0.2, -0.15) is 18.3 Å². The third kappa shape index (κ3) is 3.78. The molecule has 2 aromatic rings. The van der Waals surface area contributed by atoms with Crippen molar-refractivity contribution in [1.82, 2.24) is 0 Å². The van der Waals surface area contributed by atoms with Gasteiger partial charge in [-0.15, -0.1) is 0 Å². The van der Waals surface area contributed by atoms with Crippen LogP contribution in [0.1, 0.15) is 16.7 Å². The highest BCUT2D eigenvalue weighted by atomic mass is 19.4. The third-order valence-corrected chi connectivity index (χ3v) is 2.99. The second-order valence-corrected chi connectivity index (χ2v) is 4.65. The van der Waals surface area contributed by atoms with Gasteiger partial charge in [0.1, 0.15) is 5.75 Å². The molecule has 0 aliphatic rings. The van der Waals surface area contributed by atoms with Gasteiger partial charge in [0.2, 0.25) is 0 Å². The van der Waals surface area contributed by atoms with Gasteiger partial charge in [-0.1, -0.05) is 18.2 Å². The van der Waals surface area contributed by atoms with Crippen LogP contribution in [0.5, 0.6) is 5.75 Å². The first-order valence-electron chi connectivity index (χ1n) is 6.52. The average molecular weight is 308 g/mol. The topological polar surface area (TPSA) is 33.6 Å². The van der Waals surface area contributed by atoms with Gasteiger partial charge in [-0.05, 0) is 42.3 Å². The Morgan fingerprint density at radius 1 is 1.14 bits per heavy atom. The molecule has 0 atom stereocenters. The van der Waals surface area contributed by atoms with Gasteiger partial charge in [-0.3, -0.25) is 5.43 Å². The van der Waals surface area contributed by atoms with Crippen LogP contribution in [-0.2, 0) is 6.18 Å². The number of alkyl halides is 3. The van der Waals surface area contributed by atoms with E-state index in [4.69, 9.17) is 4.74 Å². The summed E-state index contributed by atoms with van der Waals surface area (Å²) in [7, 11) is 1.22. The number of anilines is 1. The number of nitrogens with zero attached hydrogens (tertiary/aromatic N) is 1. The molecule has 6 heteroatoms. The lowest BCUT2D eigenvalue weighted by Crippen LogP contribution is -2.09. The molecule has 0 spiro atoms. The first-order chi connectivity index (χ1) is 10.4. The van der Waals surface area contributed by atoms with E-state index in [0.29, 0.717) is 11.1 Å². The summed E-state index contributed by atoms with van der Waals surface area (Å²) in [6.45, 7) is 1.57. The first-order valence-corrected chi connectivity index (χ1v) is 6.52. The molecule has 2 aromatic carbocycles. The Bertz CT molecular complexity index is 667. The minimum absolute atomic E-state index is 0.166. The zero-order valence-electron chi connectivity index (χ0n) is 12.1. The number of rotatable bonds is 4. The fourth-order valence-electron chi connectivity index (χ4n) is 2.05. The molecule has 116 valence electrons. The summed E-state index contributed by atoms with van der Waals surface area (Å²) in [5.74, 6) is -0.166. The molecular formula is C16H15F3N2O. The monoisotopic (exact) mass is 308 g/mol. The van der Waals surface area contributed by atoms with E-state index in [9.17, 15) is 13.2 Å². The lowest BCUT2D eigenvalue weighted by atomic mass is 10.0. The Labute approximate surface area is 126 Å². The zero-order chi connectivity index (χ0) is 16.2. The number of nitrogens with one attached hydrogen (secondary N) is 1. The highest BCUT2D eigenvalue weighted by Gasteiger charge is 2.35. The Hall–Kier alpha value is -2.50. The molecule has 2 rings (SSSR count). The molecule has 0 aliphatic heterocycles. The Kier molecular flexibility index (Phi) is 4.70. The van der Waals surface area contributed by atoms with Crippen LogP contribution in [0.2, 0.25) is 0 Å². The van der Waals surface area contributed by atoms with Gasteiger partial charge >= 0.3 is 6.18 Å². The number of hydrogen-bond acceptors (Lipinski definition) is 3. The van der Waals surface area contributed by atoms with Crippen LogP contribution in [0.15, 0.2) is 47.6 Å². The number of para-hydroxylation sites is 1. The molecule has 22 heavy (non-hydrogen) atoms. The SMILES string of the molecule is COc1c(C)cc(C=NNc2ccccc2)cc1C(F)(F)F. The van der Waals surface area contributed by atoms with Crippen molar-refractivity contribution in [2.24, 2.45) is 5.10 Å². The molecule has 0 amide bonds.